The van der Waals surface area contributed by atoms with Gasteiger partial charge in [0.2, 0.25) is 0 Å². The van der Waals surface area contributed by atoms with E-state index in [9.17, 15) is 9.18 Å². The quantitative estimate of drug-likeness (QED) is 0.774. The van der Waals surface area contributed by atoms with Gasteiger partial charge < -0.3 is 5.11 Å². The van der Waals surface area contributed by atoms with E-state index in [4.69, 9.17) is 5.11 Å². The minimum absolute atomic E-state index is 0.0930. The van der Waals surface area contributed by atoms with Crippen molar-refractivity contribution in [2.45, 2.75) is 19.5 Å². The lowest BCUT2D eigenvalue weighted by Gasteiger charge is -2.00. The highest BCUT2D eigenvalue weighted by Crippen LogP contribution is 2.08. The van der Waals surface area contributed by atoms with E-state index in [0.717, 1.165) is 5.56 Å². The molecule has 1 rings (SSSR count). The van der Waals surface area contributed by atoms with Crippen molar-refractivity contribution < 1.29 is 14.3 Å². The predicted molar refractivity (Wildman–Crippen MR) is 47.2 cm³/mol. The molecule has 13 heavy (non-hydrogen) atoms. The van der Waals surface area contributed by atoms with E-state index in [1.807, 2.05) is 6.07 Å². The number of rotatable bonds is 4. The predicted octanol–water partition coefficient (Wildman–Crippen LogP) is 2.17. The number of benzene rings is 1. The fraction of sp³-hybridized carbons (Fsp3) is 0.300. The van der Waals surface area contributed by atoms with E-state index in [1.54, 1.807) is 18.2 Å². The summed E-state index contributed by atoms with van der Waals surface area (Å²) in [6.07, 6.45) is 0.554. The highest BCUT2D eigenvalue weighted by Gasteiger charge is 1.99. The van der Waals surface area contributed by atoms with Crippen molar-refractivity contribution in [3.05, 3.63) is 35.4 Å². The van der Waals surface area contributed by atoms with E-state index in [-0.39, 0.29) is 6.42 Å². The monoisotopic (exact) mass is 182 g/mol. The summed E-state index contributed by atoms with van der Waals surface area (Å²) < 4.78 is 12.2. The summed E-state index contributed by atoms with van der Waals surface area (Å²) in [6, 6.07) is 6.93. The van der Waals surface area contributed by atoms with Gasteiger partial charge in [-0.25, -0.2) is 4.39 Å². The SMILES string of the molecule is O=C(O)CCc1cccc(CF)c1. The molecule has 0 atom stereocenters. The van der Waals surface area contributed by atoms with Crippen molar-refractivity contribution in [3.63, 3.8) is 0 Å². The molecule has 3 heteroatoms. The lowest BCUT2D eigenvalue weighted by atomic mass is 10.1. The molecule has 2 nitrogen and oxygen atoms in total. The molecule has 1 N–H and O–H groups in total. The number of alkyl halides is 1. The Bertz CT molecular complexity index is 297. The van der Waals surface area contributed by atoms with Crippen LogP contribution in [0.2, 0.25) is 0 Å². The highest BCUT2D eigenvalue weighted by molar-refractivity contribution is 5.67. The summed E-state index contributed by atoms with van der Waals surface area (Å²) in [5.74, 6) is -0.828. The first-order chi connectivity index (χ1) is 6.22. The average Bonchev–Trinajstić information content (AvgIpc) is 2.15. The molecule has 0 bridgehead atoms. The van der Waals surface area contributed by atoms with Gasteiger partial charge in [-0.05, 0) is 17.5 Å². The standard InChI is InChI=1S/C10H11FO2/c11-7-9-3-1-2-8(6-9)4-5-10(12)13/h1-3,6H,4-5,7H2,(H,12,13). The summed E-state index contributed by atoms with van der Waals surface area (Å²) in [7, 11) is 0. The van der Waals surface area contributed by atoms with Crippen molar-refractivity contribution >= 4 is 5.97 Å². The first-order valence-corrected chi connectivity index (χ1v) is 4.08. The number of aliphatic carboxylic acids is 1. The number of carboxylic acids is 1. The third-order valence-electron chi connectivity index (χ3n) is 1.77. The second-order valence-corrected chi connectivity index (χ2v) is 2.85. The van der Waals surface area contributed by atoms with Crippen LogP contribution in [-0.2, 0) is 17.9 Å². The molecule has 0 aliphatic carbocycles. The Morgan fingerprint density at radius 1 is 1.38 bits per heavy atom. The Kier molecular flexibility index (Phi) is 3.43. The van der Waals surface area contributed by atoms with Crippen molar-refractivity contribution in [3.8, 4) is 0 Å². The van der Waals surface area contributed by atoms with Gasteiger partial charge in [-0.15, -0.1) is 0 Å². The van der Waals surface area contributed by atoms with Crippen LogP contribution in [0.15, 0.2) is 24.3 Å². The van der Waals surface area contributed by atoms with Gasteiger partial charge in [-0.1, -0.05) is 24.3 Å². The normalized spacial score (nSPS) is 9.92. The number of carbonyl (C=O) groups is 1. The van der Waals surface area contributed by atoms with E-state index < -0.39 is 12.6 Å². The number of hydrogen-bond acceptors (Lipinski definition) is 1. The summed E-state index contributed by atoms with van der Waals surface area (Å²) in [5.41, 5.74) is 1.47. The Labute approximate surface area is 76.0 Å². The third kappa shape index (κ3) is 3.23. The molecule has 1 aromatic rings. The lowest BCUT2D eigenvalue weighted by Crippen LogP contribution is -1.97. The number of halogens is 1. The summed E-state index contributed by atoms with van der Waals surface area (Å²) >= 11 is 0. The summed E-state index contributed by atoms with van der Waals surface area (Å²) in [5, 5.41) is 8.43. The molecule has 0 radical (unpaired) electrons. The van der Waals surface area contributed by atoms with Crippen molar-refractivity contribution in [1.29, 1.82) is 0 Å². The largest absolute Gasteiger partial charge is 0.481 e. The van der Waals surface area contributed by atoms with Gasteiger partial charge in [0, 0.05) is 6.42 Å². The van der Waals surface area contributed by atoms with Gasteiger partial charge in [0.15, 0.2) is 0 Å². The van der Waals surface area contributed by atoms with Gasteiger partial charge >= 0.3 is 5.97 Å². The van der Waals surface area contributed by atoms with Crippen molar-refractivity contribution in [1.82, 2.24) is 0 Å². The number of carboxylic acid groups (broad SMARTS) is 1. The topological polar surface area (TPSA) is 37.3 Å². The van der Waals surface area contributed by atoms with Gasteiger partial charge in [0.1, 0.15) is 6.67 Å². The van der Waals surface area contributed by atoms with Crippen LogP contribution in [0, 0.1) is 0 Å². The zero-order valence-electron chi connectivity index (χ0n) is 7.16. The van der Waals surface area contributed by atoms with Gasteiger partial charge in [0.25, 0.3) is 0 Å². The van der Waals surface area contributed by atoms with Crippen LogP contribution in [0.3, 0.4) is 0 Å². The molecule has 0 saturated carbocycles. The van der Waals surface area contributed by atoms with E-state index in [1.165, 1.54) is 0 Å². The zero-order valence-corrected chi connectivity index (χ0v) is 7.16. The second kappa shape index (κ2) is 4.60. The summed E-state index contributed by atoms with van der Waals surface area (Å²) in [6.45, 7) is -0.499. The first-order valence-electron chi connectivity index (χ1n) is 4.08. The third-order valence-corrected chi connectivity index (χ3v) is 1.77. The molecule has 0 saturated heterocycles. The molecule has 0 aromatic heterocycles. The van der Waals surface area contributed by atoms with Crippen LogP contribution < -0.4 is 0 Å². The Morgan fingerprint density at radius 2 is 2.08 bits per heavy atom. The molecule has 1 aromatic carbocycles. The van der Waals surface area contributed by atoms with E-state index >= 15 is 0 Å². The van der Waals surface area contributed by atoms with E-state index in [0.29, 0.717) is 12.0 Å². The first kappa shape index (κ1) is 9.71. The second-order valence-electron chi connectivity index (χ2n) is 2.85. The van der Waals surface area contributed by atoms with Crippen LogP contribution in [0.25, 0.3) is 0 Å². The minimum Gasteiger partial charge on any atom is -0.481 e. The van der Waals surface area contributed by atoms with Crippen LogP contribution in [0.1, 0.15) is 17.5 Å². The fourth-order valence-electron chi connectivity index (χ4n) is 1.12. The van der Waals surface area contributed by atoms with Crippen LogP contribution in [0.4, 0.5) is 4.39 Å². The van der Waals surface area contributed by atoms with Crippen LogP contribution >= 0.6 is 0 Å². The van der Waals surface area contributed by atoms with Gasteiger partial charge in [-0.2, -0.15) is 0 Å². The van der Waals surface area contributed by atoms with Crippen molar-refractivity contribution in [2.24, 2.45) is 0 Å². The van der Waals surface area contributed by atoms with Crippen LogP contribution in [-0.4, -0.2) is 11.1 Å². The maximum Gasteiger partial charge on any atom is 0.303 e. The molecule has 0 heterocycles. The summed E-state index contributed by atoms with van der Waals surface area (Å²) in [4.78, 5) is 10.3. The van der Waals surface area contributed by atoms with Gasteiger partial charge in [-0.3, -0.25) is 4.79 Å². The van der Waals surface area contributed by atoms with E-state index in [2.05, 4.69) is 0 Å². The molecule has 0 spiro atoms. The Hall–Kier alpha value is -1.38. The highest BCUT2D eigenvalue weighted by atomic mass is 19.1. The number of aryl methyl sites for hydroxylation is 1. The Morgan fingerprint density at radius 3 is 2.69 bits per heavy atom. The van der Waals surface area contributed by atoms with Crippen LogP contribution in [0.5, 0.6) is 0 Å². The molecule has 0 fully saturated rings. The molecule has 0 amide bonds. The maximum atomic E-state index is 12.2. The minimum atomic E-state index is -0.828. The molecular formula is C10H11FO2. The average molecular weight is 182 g/mol. The fourth-order valence-corrected chi connectivity index (χ4v) is 1.12. The van der Waals surface area contributed by atoms with Gasteiger partial charge in [0.05, 0.1) is 0 Å². The Balaban J connectivity index is 2.61. The maximum absolute atomic E-state index is 12.2. The zero-order chi connectivity index (χ0) is 9.68. The molecule has 70 valence electrons. The molecule has 0 unspecified atom stereocenters. The molecule has 0 aliphatic heterocycles. The lowest BCUT2D eigenvalue weighted by molar-refractivity contribution is -0.136. The molecule has 0 aliphatic rings. The smallest absolute Gasteiger partial charge is 0.303 e. The number of hydrogen-bond donors (Lipinski definition) is 1. The van der Waals surface area contributed by atoms with Crippen molar-refractivity contribution in [2.75, 3.05) is 0 Å². The molecular weight excluding hydrogens is 171 g/mol.